The van der Waals surface area contributed by atoms with E-state index in [1.165, 1.54) is 25.0 Å². The Balaban J connectivity index is -0.000000504. The number of halogens is 13. The van der Waals surface area contributed by atoms with Gasteiger partial charge in [0.1, 0.15) is 25.8 Å². The molecular formula is C59H83BCl4F9N10O8-. The second-order valence-corrected chi connectivity index (χ2v) is 19.4. The number of aliphatic hydroxyl groups is 2. The number of ether oxygens (including phenoxy) is 3. The summed E-state index contributed by atoms with van der Waals surface area (Å²) in [6, 6.07) is 29.7. The van der Waals surface area contributed by atoms with E-state index in [0.29, 0.717) is 38.0 Å². The van der Waals surface area contributed by atoms with Gasteiger partial charge in [0, 0.05) is 91.6 Å². The van der Waals surface area contributed by atoms with Crippen molar-refractivity contribution in [3.05, 3.63) is 167 Å². The molecule has 0 fully saturated rings. The SMILES string of the molecule is CC(Cl)OC(=O)Cl.CC=O.CCN(Cc1ccccc1)[C@@H](C)CO.CCN(Cc1ccccc1)[C@@H](C)COc1ncc(C(F)(F)F)cn1.CCN[C@@H](C)COc1ncc(C(F)(F)F)cn1.C[C@H](N)CO.Cl.FC(F)(F)c1cnc(Cl)nc1.O=Cc1ccccc1.[BH4-]. The summed E-state index contributed by atoms with van der Waals surface area (Å²) in [5, 5.41) is 20.0. The average Bonchev–Trinajstić information content (AvgIpc) is 1.48. The number of rotatable bonds is 20. The first-order valence-electron chi connectivity index (χ1n) is 27.1. The Labute approximate surface area is 548 Å². The second kappa shape index (κ2) is 52.2. The van der Waals surface area contributed by atoms with Crippen LogP contribution in [0.4, 0.5) is 44.3 Å². The molecule has 5 atom stereocenters. The molecule has 0 aliphatic heterocycles. The fraction of sp³-hybridized carbons (Fsp3) is 0.441. The van der Waals surface area contributed by atoms with Gasteiger partial charge >= 0.3 is 36.0 Å². The quantitative estimate of drug-likeness (QED) is 0.0139. The molecule has 0 amide bonds. The van der Waals surface area contributed by atoms with Gasteiger partial charge in [-0.1, -0.05) is 132 Å². The Hall–Kier alpha value is -6.34. The Morgan fingerprint density at radius 2 is 0.945 bits per heavy atom. The summed E-state index contributed by atoms with van der Waals surface area (Å²) in [4.78, 5) is 53.6. The molecule has 0 saturated heterocycles. The van der Waals surface area contributed by atoms with Crippen LogP contribution in [0.1, 0.15) is 100 Å². The zero-order valence-electron chi connectivity index (χ0n) is 51.0. The third-order valence-electron chi connectivity index (χ3n) is 10.6. The van der Waals surface area contributed by atoms with Crippen LogP contribution in [-0.2, 0) is 41.1 Å². The van der Waals surface area contributed by atoms with E-state index >= 15 is 0 Å². The minimum Gasteiger partial charge on any atom is -0.462 e. The maximum absolute atomic E-state index is 12.5. The standard InChI is InChI=1S/C17H20F3N3O.C12H19NO.C10H14F3N3O.C7H6O.C5H2ClF3N2.C3H4Cl2O2.C3H9NO.C2H4O.BH4.ClH/c1-3-23(11-14-7-5-4-6-8-14)13(2)12-24-16-21-9-15(10-22-16)17(18,19)20;1-3-13(11(2)10-14)9-12-7-5-4-6-8-12;1-3-14-7(2)6-17-9-15-4-8(5-16-9)10(11,12)13;8-6-7-4-2-1-3-5-7;6-4-10-1-3(2-11-4)5(7,8)9;1-2(4)7-3(5)6;1-3(4)2-5;1-2-3;;/h4-10,13H,3,11-12H2,1-2H3;4-8,11,14H,3,9-10H2,1-2H3;4-5,7,14H,3,6H2,1-2H3;1-6H;1-2H;2H,1H3;3,5H,2,4H2,1H3;2H,1H3;1H4;1H/q;;;;;;;;-1;/t13-;11-;7-;;;;3-;;;/m000...0.../s1. The van der Waals surface area contributed by atoms with Crippen LogP contribution in [0.25, 0.3) is 0 Å². The normalized spacial score (nSPS) is 12.1. The fourth-order valence-corrected chi connectivity index (χ4v) is 6.37. The highest BCUT2D eigenvalue weighted by molar-refractivity contribution is 6.61. The smallest absolute Gasteiger partial charge is 0.419 e. The van der Waals surface area contributed by atoms with Crippen LogP contribution in [-0.4, -0.2) is 152 Å². The number of nitrogens with one attached hydrogen (secondary N) is 1. The van der Waals surface area contributed by atoms with E-state index in [-0.39, 0.29) is 75.5 Å². The van der Waals surface area contributed by atoms with Gasteiger partial charge in [0.05, 0.1) is 29.9 Å². The van der Waals surface area contributed by atoms with Crippen molar-refractivity contribution in [2.24, 2.45) is 5.73 Å². The lowest BCUT2D eigenvalue weighted by atomic mass is 10.2. The van der Waals surface area contributed by atoms with Gasteiger partial charge in [-0.15, -0.1) is 12.4 Å². The molecule has 0 spiro atoms. The molecule has 0 aliphatic rings. The van der Waals surface area contributed by atoms with Gasteiger partial charge in [-0.3, -0.25) is 14.6 Å². The summed E-state index contributed by atoms with van der Waals surface area (Å²) in [5.74, 6) is 0. The van der Waals surface area contributed by atoms with Gasteiger partial charge in [-0.05, 0) is 83.9 Å². The highest BCUT2D eigenvalue weighted by Gasteiger charge is 2.33. The van der Waals surface area contributed by atoms with Crippen LogP contribution in [0.5, 0.6) is 12.0 Å². The summed E-state index contributed by atoms with van der Waals surface area (Å²) < 4.78 is 124. The van der Waals surface area contributed by atoms with E-state index < -0.39 is 46.2 Å². The molecule has 0 aliphatic carbocycles. The Bertz CT molecular complexity index is 2720. The molecule has 1 unspecified atom stereocenters. The molecule has 3 aromatic heterocycles. The van der Waals surface area contributed by atoms with E-state index in [1.54, 1.807) is 19.1 Å². The molecule has 0 bridgehead atoms. The number of aldehydes is 2. The molecule has 5 N–H and O–H groups in total. The summed E-state index contributed by atoms with van der Waals surface area (Å²) in [5.41, 5.74) is 4.08. The monoisotopic (exact) mass is 1380 g/mol. The number of carbonyl (C=O) groups excluding carboxylic acids is 3. The number of hydrogen-bond donors (Lipinski definition) is 4. The van der Waals surface area contributed by atoms with Crippen molar-refractivity contribution in [3.63, 3.8) is 0 Å². The van der Waals surface area contributed by atoms with E-state index in [2.05, 4.69) is 80.9 Å². The molecule has 6 rings (SSSR count). The molecular weight excluding hydrogens is 1300 g/mol. The maximum atomic E-state index is 12.5. The lowest BCUT2D eigenvalue weighted by molar-refractivity contribution is -0.139. The van der Waals surface area contributed by atoms with Crippen molar-refractivity contribution in [2.75, 3.05) is 46.1 Å². The molecule has 91 heavy (non-hydrogen) atoms. The largest absolute Gasteiger partial charge is 0.462 e. The highest BCUT2D eigenvalue weighted by Crippen LogP contribution is 2.30. The van der Waals surface area contributed by atoms with Gasteiger partial charge in [0.2, 0.25) is 5.28 Å². The Morgan fingerprint density at radius 3 is 1.21 bits per heavy atom. The van der Waals surface area contributed by atoms with Gasteiger partial charge in [0.25, 0.3) is 0 Å². The number of aliphatic hydroxyl groups excluding tert-OH is 2. The number of nitrogens with zero attached hydrogens (tertiary/aromatic N) is 8. The summed E-state index contributed by atoms with van der Waals surface area (Å²) in [6.45, 7) is 21.9. The lowest BCUT2D eigenvalue weighted by Gasteiger charge is -2.27. The van der Waals surface area contributed by atoms with Gasteiger partial charge in [0.15, 0.2) is 5.56 Å². The topological polar surface area (TPSA) is 241 Å². The first-order valence-corrected chi connectivity index (χ1v) is 28.3. The molecule has 6 aromatic rings. The van der Waals surface area contributed by atoms with Crippen LogP contribution < -0.4 is 20.5 Å². The number of benzene rings is 3. The van der Waals surface area contributed by atoms with Crippen molar-refractivity contribution < 1.29 is 78.3 Å². The van der Waals surface area contributed by atoms with Crippen LogP contribution in [0.15, 0.2) is 128 Å². The van der Waals surface area contributed by atoms with Crippen molar-refractivity contribution in [2.45, 2.75) is 124 Å². The van der Waals surface area contributed by atoms with Gasteiger partial charge in [-0.2, -0.15) is 39.5 Å². The Morgan fingerprint density at radius 1 is 0.615 bits per heavy atom. The predicted octanol–water partition coefficient (Wildman–Crippen LogP) is 11.6. The van der Waals surface area contributed by atoms with Crippen LogP contribution >= 0.6 is 47.2 Å². The zero-order valence-corrected chi connectivity index (χ0v) is 54.1. The number of aromatic nitrogens is 6. The van der Waals surface area contributed by atoms with Gasteiger partial charge < -0.3 is 40.3 Å². The summed E-state index contributed by atoms with van der Waals surface area (Å²) >= 11 is 15.0. The Kier molecular flexibility index (Phi) is 52.2. The molecule has 3 aromatic carbocycles. The molecule has 32 heteroatoms. The number of nitrogens with two attached hydrogens (primary N) is 1. The fourth-order valence-electron chi connectivity index (χ4n) is 6.01. The lowest BCUT2D eigenvalue weighted by Crippen LogP contribution is -2.36. The van der Waals surface area contributed by atoms with E-state index in [9.17, 15) is 49.1 Å². The number of carbonyl (C=O) groups is 3. The number of alkyl halides is 10. The van der Waals surface area contributed by atoms with Crippen molar-refractivity contribution >= 4 is 73.6 Å². The number of hydrogen-bond acceptors (Lipinski definition) is 18. The molecule has 512 valence electrons. The summed E-state index contributed by atoms with van der Waals surface area (Å²) in [7, 11) is 0. The van der Waals surface area contributed by atoms with Crippen molar-refractivity contribution in [1.82, 2.24) is 45.0 Å². The zero-order chi connectivity index (χ0) is 68.0. The minimum absolute atomic E-state index is 0. The van der Waals surface area contributed by atoms with E-state index in [1.807, 2.05) is 89.2 Å². The first kappa shape index (κ1) is 91.1. The van der Waals surface area contributed by atoms with Crippen LogP contribution in [0.2, 0.25) is 5.28 Å². The first-order chi connectivity index (χ1) is 41.8. The highest BCUT2D eigenvalue weighted by atomic mass is 35.5. The van der Waals surface area contributed by atoms with E-state index in [0.717, 1.165) is 63.3 Å². The van der Waals surface area contributed by atoms with Crippen LogP contribution in [0.3, 0.4) is 0 Å². The third-order valence-corrected chi connectivity index (χ3v) is 11.0. The van der Waals surface area contributed by atoms with Crippen molar-refractivity contribution in [3.8, 4) is 12.0 Å². The molecule has 3 heterocycles. The number of likely N-dealkylation sites (N-methyl/N-ethyl adjacent to an activating group) is 3. The van der Waals surface area contributed by atoms with Crippen LogP contribution in [0, 0.1) is 0 Å². The van der Waals surface area contributed by atoms with E-state index in [4.69, 9.17) is 65.0 Å². The average molecular weight is 1380 g/mol. The molecule has 0 radical (unpaired) electrons. The second-order valence-electron chi connectivity index (χ2n) is 18.1. The van der Waals surface area contributed by atoms with Crippen molar-refractivity contribution in [1.29, 1.82) is 0 Å². The predicted molar refractivity (Wildman–Crippen MR) is 342 cm³/mol. The maximum Gasteiger partial charge on any atom is 0.419 e. The molecule has 18 nitrogen and oxygen atoms in total. The van der Waals surface area contributed by atoms with Gasteiger partial charge in [-0.25, -0.2) is 34.7 Å². The minimum atomic E-state index is -4.44. The molecule has 0 saturated carbocycles. The third kappa shape index (κ3) is 47.3. The summed E-state index contributed by atoms with van der Waals surface area (Å²) in [6.07, 6.45) is -7.53.